The third-order valence-corrected chi connectivity index (χ3v) is 2.51. The zero-order valence-electron chi connectivity index (χ0n) is 8.57. The Hall–Kier alpha value is -0.900. The fourth-order valence-corrected chi connectivity index (χ4v) is 1.35. The van der Waals surface area contributed by atoms with E-state index in [1.807, 2.05) is 7.05 Å². The third-order valence-electron chi connectivity index (χ3n) is 2.51. The van der Waals surface area contributed by atoms with Crippen LogP contribution >= 0.6 is 0 Å². The molecular formula is C9H18N4. The van der Waals surface area contributed by atoms with Crippen LogP contribution in [0.5, 0.6) is 0 Å². The molecule has 0 aliphatic rings. The first-order valence-corrected chi connectivity index (χ1v) is 4.73. The maximum atomic E-state index is 5.93. The molecule has 4 nitrogen and oxygen atoms in total. The van der Waals surface area contributed by atoms with Crippen LogP contribution in [0.2, 0.25) is 0 Å². The molecule has 0 saturated heterocycles. The number of hydrogen-bond donors (Lipinski definition) is 1. The van der Waals surface area contributed by atoms with E-state index in [1.165, 1.54) is 0 Å². The summed E-state index contributed by atoms with van der Waals surface area (Å²) in [6.45, 7) is 4.26. The first kappa shape index (κ1) is 10.2. The summed E-state index contributed by atoms with van der Waals surface area (Å²) in [5.74, 6) is 1.48. The largest absolute Gasteiger partial charge is 0.327 e. The van der Waals surface area contributed by atoms with E-state index in [0.29, 0.717) is 5.92 Å². The highest BCUT2D eigenvalue weighted by Crippen LogP contribution is 2.09. The molecule has 1 aromatic heterocycles. The van der Waals surface area contributed by atoms with E-state index in [0.717, 1.165) is 18.7 Å². The van der Waals surface area contributed by atoms with Gasteiger partial charge >= 0.3 is 0 Å². The maximum Gasteiger partial charge on any atom is 0.138 e. The first-order valence-electron chi connectivity index (χ1n) is 4.73. The highest BCUT2D eigenvalue weighted by Gasteiger charge is 2.13. The lowest BCUT2D eigenvalue weighted by atomic mass is 9.97. The van der Waals surface area contributed by atoms with Crippen molar-refractivity contribution >= 4 is 0 Å². The third kappa shape index (κ3) is 2.52. The fourth-order valence-electron chi connectivity index (χ4n) is 1.35. The molecule has 2 atom stereocenters. The minimum absolute atomic E-state index is 0.261. The molecule has 0 aliphatic carbocycles. The lowest BCUT2D eigenvalue weighted by molar-refractivity contribution is 0.427. The molecule has 1 rings (SSSR count). The van der Waals surface area contributed by atoms with E-state index < -0.39 is 0 Å². The van der Waals surface area contributed by atoms with E-state index in [-0.39, 0.29) is 6.04 Å². The van der Waals surface area contributed by atoms with Crippen LogP contribution in [0, 0.1) is 5.92 Å². The van der Waals surface area contributed by atoms with Crippen molar-refractivity contribution in [3.63, 3.8) is 0 Å². The summed E-state index contributed by atoms with van der Waals surface area (Å²) in [5, 5.41) is 4.02. The molecule has 0 aromatic carbocycles. The average Bonchev–Trinajstić information content (AvgIpc) is 2.50. The molecule has 0 fully saturated rings. The SMILES string of the molecule is CCC(N)C(C)Cc1ncnn1C. The summed E-state index contributed by atoms with van der Waals surface area (Å²) >= 11 is 0. The highest BCUT2D eigenvalue weighted by atomic mass is 15.3. The van der Waals surface area contributed by atoms with E-state index in [1.54, 1.807) is 11.0 Å². The normalized spacial score (nSPS) is 15.7. The molecule has 1 aromatic rings. The zero-order valence-corrected chi connectivity index (χ0v) is 8.57. The Morgan fingerprint density at radius 1 is 1.62 bits per heavy atom. The van der Waals surface area contributed by atoms with E-state index >= 15 is 0 Å². The molecule has 4 heteroatoms. The van der Waals surface area contributed by atoms with Crippen LogP contribution in [-0.2, 0) is 13.5 Å². The molecule has 0 spiro atoms. The van der Waals surface area contributed by atoms with Crippen LogP contribution in [-0.4, -0.2) is 20.8 Å². The van der Waals surface area contributed by atoms with Gasteiger partial charge in [-0.25, -0.2) is 4.98 Å². The van der Waals surface area contributed by atoms with Crippen molar-refractivity contribution in [2.75, 3.05) is 0 Å². The Bertz CT molecular complexity index is 256. The lowest BCUT2D eigenvalue weighted by Crippen LogP contribution is -2.29. The van der Waals surface area contributed by atoms with Crippen LogP contribution in [0.4, 0.5) is 0 Å². The molecule has 0 bridgehead atoms. The number of rotatable bonds is 4. The first-order chi connectivity index (χ1) is 6.15. The van der Waals surface area contributed by atoms with Gasteiger partial charge in [0.1, 0.15) is 12.2 Å². The molecule has 13 heavy (non-hydrogen) atoms. The van der Waals surface area contributed by atoms with Crippen molar-refractivity contribution in [3.8, 4) is 0 Å². The lowest BCUT2D eigenvalue weighted by Gasteiger charge is -2.17. The molecule has 0 aliphatic heterocycles. The smallest absolute Gasteiger partial charge is 0.138 e. The van der Waals surface area contributed by atoms with Crippen molar-refractivity contribution in [1.82, 2.24) is 14.8 Å². The second-order valence-electron chi connectivity index (χ2n) is 3.55. The van der Waals surface area contributed by atoms with Gasteiger partial charge in [0.05, 0.1) is 0 Å². The maximum absolute atomic E-state index is 5.93. The molecule has 2 N–H and O–H groups in total. The minimum Gasteiger partial charge on any atom is -0.327 e. The van der Waals surface area contributed by atoms with Crippen molar-refractivity contribution < 1.29 is 0 Å². The number of nitrogens with zero attached hydrogens (tertiary/aromatic N) is 3. The van der Waals surface area contributed by atoms with Gasteiger partial charge in [0, 0.05) is 19.5 Å². The summed E-state index contributed by atoms with van der Waals surface area (Å²) in [6.07, 6.45) is 3.50. The fraction of sp³-hybridized carbons (Fsp3) is 0.778. The van der Waals surface area contributed by atoms with Crippen LogP contribution in [0.3, 0.4) is 0 Å². The van der Waals surface area contributed by atoms with Crippen LogP contribution < -0.4 is 5.73 Å². The predicted molar refractivity (Wildman–Crippen MR) is 52.1 cm³/mol. The number of aryl methyl sites for hydroxylation is 1. The summed E-state index contributed by atoms with van der Waals surface area (Å²) in [7, 11) is 1.91. The van der Waals surface area contributed by atoms with Crippen molar-refractivity contribution in [3.05, 3.63) is 12.2 Å². The molecular weight excluding hydrogens is 164 g/mol. The molecule has 74 valence electrons. The monoisotopic (exact) mass is 182 g/mol. The van der Waals surface area contributed by atoms with Gasteiger partial charge in [-0.2, -0.15) is 5.10 Å². The Kier molecular flexibility index (Phi) is 3.42. The Morgan fingerprint density at radius 2 is 2.31 bits per heavy atom. The number of hydrogen-bond acceptors (Lipinski definition) is 3. The van der Waals surface area contributed by atoms with Crippen LogP contribution in [0.15, 0.2) is 6.33 Å². The summed E-state index contributed by atoms with van der Waals surface area (Å²) < 4.78 is 1.80. The molecule has 1 heterocycles. The quantitative estimate of drug-likeness (QED) is 0.747. The van der Waals surface area contributed by atoms with Gasteiger partial charge in [-0.3, -0.25) is 4.68 Å². The van der Waals surface area contributed by atoms with Crippen molar-refractivity contribution in [1.29, 1.82) is 0 Å². The van der Waals surface area contributed by atoms with Crippen molar-refractivity contribution in [2.45, 2.75) is 32.7 Å². The van der Waals surface area contributed by atoms with Crippen molar-refractivity contribution in [2.24, 2.45) is 18.7 Å². The Balaban J connectivity index is 2.54. The van der Waals surface area contributed by atoms with Gasteiger partial charge in [0.25, 0.3) is 0 Å². The molecule has 2 unspecified atom stereocenters. The van der Waals surface area contributed by atoms with Gasteiger partial charge in [-0.1, -0.05) is 13.8 Å². The number of nitrogens with two attached hydrogens (primary N) is 1. The number of aromatic nitrogens is 3. The van der Waals surface area contributed by atoms with Gasteiger partial charge in [-0.05, 0) is 12.3 Å². The summed E-state index contributed by atoms with van der Waals surface area (Å²) in [5.41, 5.74) is 5.93. The van der Waals surface area contributed by atoms with Crippen LogP contribution in [0.1, 0.15) is 26.1 Å². The second-order valence-corrected chi connectivity index (χ2v) is 3.55. The van der Waals surface area contributed by atoms with E-state index in [9.17, 15) is 0 Å². The molecule has 0 saturated carbocycles. The average molecular weight is 182 g/mol. The zero-order chi connectivity index (χ0) is 9.84. The molecule has 0 amide bonds. The molecule has 0 radical (unpaired) electrons. The standard InChI is InChI=1S/C9H18N4/c1-4-8(10)7(2)5-9-11-6-12-13(9)3/h6-8H,4-5,10H2,1-3H3. The van der Waals surface area contributed by atoms with Gasteiger partial charge in [0.15, 0.2) is 0 Å². The van der Waals surface area contributed by atoms with E-state index in [2.05, 4.69) is 23.9 Å². The Morgan fingerprint density at radius 3 is 2.77 bits per heavy atom. The minimum atomic E-state index is 0.261. The van der Waals surface area contributed by atoms with Gasteiger partial charge in [-0.15, -0.1) is 0 Å². The van der Waals surface area contributed by atoms with E-state index in [4.69, 9.17) is 5.73 Å². The predicted octanol–water partition coefficient (Wildman–Crippen LogP) is 0.731. The topological polar surface area (TPSA) is 56.7 Å². The van der Waals surface area contributed by atoms with Gasteiger partial charge in [0.2, 0.25) is 0 Å². The van der Waals surface area contributed by atoms with Crippen LogP contribution in [0.25, 0.3) is 0 Å². The van der Waals surface area contributed by atoms with Gasteiger partial charge < -0.3 is 5.73 Å². The second kappa shape index (κ2) is 4.37. The summed E-state index contributed by atoms with van der Waals surface area (Å²) in [4.78, 5) is 4.17. The summed E-state index contributed by atoms with van der Waals surface area (Å²) in [6, 6.07) is 0.261. The Labute approximate surface area is 79.2 Å². The highest BCUT2D eigenvalue weighted by molar-refractivity contribution is 4.87.